The van der Waals surface area contributed by atoms with Crippen LogP contribution in [0.5, 0.6) is 0 Å². The predicted molar refractivity (Wildman–Crippen MR) is 58.1 cm³/mol. The lowest BCUT2D eigenvalue weighted by molar-refractivity contribution is 0.906. The first-order chi connectivity index (χ1) is 7.24. The molecule has 0 saturated carbocycles. The molecule has 1 aromatic heterocycles. The molecule has 0 saturated heterocycles. The van der Waals surface area contributed by atoms with Crippen LogP contribution in [0.3, 0.4) is 0 Å². The molecule has 3 nitrogen and oxygen atoms in total. The molecule has 0 amide bonds. The van der Waals surface area contributed by atoms with Crippen molar-refractivity contribution in [3.8, 4) is 17.5 Å². The fourth-order valence-corrected chi connectivity index (χ4v) is 1.64. The van der Waals surface area contributed by atoms with E-state index >= 15 is 0 Å². The summed E-state index contributed by atoms with van der Waals surface area (Å²) in [4.78, 5) is 4.39. The maximum absolute atomic E-state index is 8.95. The van der Waals surface area contributed by atoms with Gasteiger partial charge in [0.25, 0.3) is 0 Å². The first-order valence-electron chi connectivity index (χ1n) is 4.73. The monoisotopic (exact) mass is 197 g/mol. The average Bonchev–Trinajstić information content (AvgIpc) is 2.55. The van der Waals surface area contributed by atoms with E-state index in [4.69, 9.17) is 5.26 Å². The molecule has 0 aliphatic rings. The smallest absolute Gasteiger partial charge is 0.143 e. The summed E-state index contributed by atoms with van der Waals surface area (Å²) in [6, 6.07) is 12.0. The largest absolute Gasteiger partial charge is 0.319 e. The van der Waals surface area contributed by atoms with Crippen LogP contribution < -0.4 is 0 Å². The summed E-state index contributed by atoms with van der Waals surface area (Å²) in [5, 5.41) is 8.95. The molecule has 1 heterocycles. The van der Waals surface area contributed by atoms with Crippen molar-refractivity contribution >= 4 is 0 Å². The maximum atomic E-state index is 8.95. The van der Waals surface area contributed by atoms with Gasteiger partial charge in [-0.05, 0) is 6.92 Å². The molecule has 1 aromatic carbocycles. The third kappa shape index (κ3) is 1.50. The van der Waals surface area contributed by atoms with Gasteiger partial charge in [-0.3, -0.25) is 0 Å². The molecule has 3 heteroatoms. The summed E-state index contributed by atoms with van der Waals surface area (Å²) in [6.07, 6.45) is 0. The number of rotatable bonds is 1. The van der Waals surface area contributed by atoms with Crippen LogP contribution in [0.1, 0.15) is 11.4 Å². The van der Waals surface area contributed by atoms with E-state index in [2.05, 4.69) is 11.1 Å². The van der Waals surface area contributed by atoms with Gasteiger partial charge in [0.2, 0.25) is 0 Å². The molecule has 0 radical (unpaired) electrons. The molecular weight excluding hydrogens is 186 g/mol. The van der Waals surface area contributed by atoms with Crippen molar-refractivity contribution < 1.29 is 0 Å². The van der Waals surface area contributed by atoms with Crippen LogP contribution in [0.4, 0.5) is 0 Å². The van der Waals surface area contributed by atoms with Gasteiger partial charge in [-0.15, -0.1) is 0 Å². The highest BCUT2D eigenvalue weighted by Crippen LogP contribution is 2.20. The molecule has 0 atom stereocenters. The van der Waals surface area contributed by atoms with Gasteiger partial charge in [0.1, 0.15) is 17.6 Å². The molecule has 0 N–H and O–H groups in total. The number of aryl methyl sites for hydroxylation is 1. The normalized spacial score (nSPS) is 9.93. The first-order valence-corrected chi connectivity index (χ1v) is 4.73. The summed E-state index contributed by atoms with van der Waals surface area (Å²) >= 11 is 0. The molecule has 2 rings (SSSR count). The van der Waals surface area contributed by atoms with Crippen molar-refractivity contribution in [2.45, 2.75) is 6.92 Å². The Kier molecular flexibility index (Phi) is 2.26. The third-order valence-corrected chi connectivity index (χ3v) is 2.41. The van der Waals surface area contributed by atoms with Crippen LogP contribution in [0.15, 0.2) is 30.3 Å². The van der Waals surface area contributed by atoms with E-state index in [9.17, 15) is 0 Å². The highest BCUT2D eigenvalue weighted by molar-refractivity contribution is 5.57. The number of aromatic nitrogens is 2. The molecule has 0 unspecified atom stereocenters. The molecule has 0 aliphatic heterocycles. The summed E-state index contributed by atoms with van der Waals surface area (Å²) in [5.41, 5.74) is 2.43. The average molecular weight is 197 g/mol. The van der Waals surface area contributed by atoms with Crippen LogP contribution >= 0.6 is 0 Å². The Labute approximate surface area is 88.6 Å². The summed E-state index contributed by atoms with van der Waals surface area (Å²) in [6.45, 7) is 1.85. The van der Waals surface area contributed by atoms with Gasteiger partial charge in [0, 0.05) is 12.6 Å². The van der Waals surface area contributed by atoms with Crippen molar-refractivity contribution in [1.29, 1.82) is 5.26 Å². The predicted octanol–water partition coefficient (Wildman–Crippen LogP) is 2.27. The van der Waals surface area contributed by atoms with E-state index < -0.39 is 0 Å². The molecule has 15 heavy (non-hydrogen) atoms. The third-order valence-electron chi connectivity index (χ3n) is 2.41. The standard InChI is InChI=1S/C12H11N3/c1-9-11(8-13)15(2)12(14-9)10-6-4-3-5-7-10/h3-7H,1-2H3. The van der Waals surface area contributed by atoms with Gasteiger partial charge >= 0.3 is 0 Å². The second-order valence-electron chi connectivity index (χ2n) is 3.41. The van der Waals surface area contributed by atoms with Crippen LogP contribution in [0.2, 0.25) is 0 Å². The van der Waals surface area contributed by atoms with Crippen molar-refractivity contribution in [3.63, 3.8) is 0 Å². The fourth-order valence-electron chi connectivity index (χ4n) is 1.64. The number of nitrogens with zero attached hydrogens (tertiary/aromatic N) is 3. The number of benzene rings is 1. The molecule has 0 bridgehead atoms. The Morgan fingerprint density at radius 2 is 1.93 bits per heavy atom. The molecule has 0 fully saturated rings. The molecule has 0 aliphatic carbocycles. The first kappa shape index (κ1) is 9.47. The zero-order valence-electron chi connectivity index (χ0n) is 8.73. The summed E-state index contributed by atoms with van der Waals surface area (Å²) in [7, 11) is 1.86. The number of hydrogen-bond donors (Lipinski definition) is 0. The quantitative estimate of drug-likeness (QED) is 0.703. The lowest BCUT2D eigenvalue weighted by Crippen LogP contribution is -1.95. The Morgan fingerprint density at radius 1 is 1.27 bits per heavy atom. The Bertz CT molecular complexity index is 518. The second-order valence-corrected chi connectivity index (χ2v) is 3.41. The van der Waals surface area contributed by atoms with Gasteiger partial charge in [-0.1, -0.05) is 30.3 Å². The Balaban J connectivity index is 2.62. The molecule has 74 valence electrons. The molecule has 2 aromatic rings. The number of imidazole rings is 1. The summed E-state index contributed by atoms with van der Waals surface area (Å²) in [5.74, 6) is 0.838. The van der Waals surface area contributed by atoms with Crippen molar-refractivity contribution in [2.75, 3.05) is 0 Å². The van der Waals surface area contributed by atoms with Gasteiger partial charge in [0.05, 0.1) is 5.69 Å². The Morgan fingerprint density at radius 3 is 2.47 bits per heavy atom. The lowest BCUT2D eigenvalue weighted by Gasteiger charge is -2.01. The van der Waals surface area contributed by atoms with Gasteiger partial charge in [0.15, 0.2) is 0 Å². The van der Waals surface area contributed by atoms with Crippen LogP contribution in [0, 0.1) is 18.3 Å². The number of hydrogen-bond acceptors (Lipinski definition) is 2. The number of nitriles is 1. The highest BCUT2D eigenvalue weighted by atomic mass is 15.1. The highest BCUT2D eigenvalue weighted by Gasteiger charge is 2.11. The van der Waals surface area contributed by atoms with E-state index in [1.165, 1.54) is 0 Å². The van der Waals surface area contributed by atoms with Gasteiger partial charge in [-0.25, -0.2) is 4.98 Å². The van der Waals surface area contributed by atoms with E-state index in [1.54, 1.807) is 0 Å². The Hall–Kier alpha value is -2.08. The topological polar surface area (TPSA) is 41.6 Å². The minimum Gasteiger partial charge on any atom is -0.319 e. The van der Waals surface area contributed by atoms with Gasteiger partial charge < -0.3 is 4.57 Å². The minimum absolute atomic E-state index is 0.619. The van der Waals surface area contributed by atoms with Gasteiger partial charge in [-0.2, -0.15) is 5.26 Å². The van der Waals surface area contributed by atoms with Crippen LogP contribution in [0.25, 0.3) is 11.4 Å². The zero-order valence-corrected chi connectivity index (χ0v) is 8.73. The fraction of sp³-hybridized carbons (Fsp3) is 0.167. The van der Waals surface area contributed by atoms with E-state index in [1.807, 2.05) is 48.9 Å². The van der Waals surface area contributed by atoms with E-state index in [0.717, 1.165) is 17.1 Å². The van der Waals surface area contributed by atoms with E-state index in [0.29, 0.717) is 5.69 Å². The minimum atomic E-state index is 0.619. The van der Waals surface area contributed by atoms with Crippen molar-refractivity contribution in [2.24, 2.45) is 7.05 Å². The summed E-state index contributed by atoms with van der Waals surface area (Å²) < 4.78 is 1.82. The lowest BCUT2D eigenvalue weighted by atomic mass is 10.2. The zero-order chi connectivity index (χ0) is 10.8. The molecule has 0 spiro atoms. The van der Waals surface area contributed by atoms with E-state index in [-0.39, 0.29) is 0 Å². The SMILES string of the molecule is Cc1nc(-c2ccccc2)n(C)c1C#N. The van der Waals surface area contributed by atoms with Crippen LogP contribution in [-0.4, -0.2) is 9.55 Å². The van der Waals surface area contributed by atoms with Crippen molar-refractivity contribution in [3.05, 3.63) is 41.7 Å². The maximum Gasteiger partial charge on any atom is 0.143 e. The van der Waals surface area contributed by atoms with Crippen LogP contribution in [-0.2, 0) is 7.05 Å². The second kappa shape index (κ2) is 3.58. The van der Waals surface area contributed by atoms with Crippen molar-refractivity contribution in [1.82, 2.24) is 9.55 Å². The molecular formula is C12H11N3.